The first-order valence-electron chi connectivity index (χ1n) is 9.91. The van der Waals surface area contributed by atoms with E-state index < -0.39 is 0 Å². The Balaban J connectivity index is 1.59. The highest BCUT2D eigenvalue weighted by molar-refractivity contribution is 5.80. The van der Waals surface area contributed by atoms with Crippen molar-refractivity contribution in [2.24, 2.45) is 0 Å². The van der Waals surface area contributed by atoms with Crippen molar-refractivity contribution in [3.05, 3.63) is 82.9 Å². The van der Waals surface area contributed by atoms with Gasteiger partial charge in [0.25, 0.3) is 0 Å². The average Bonchev–Trinajstić information content (AvgIpc) is 3.02. The quantitative estimate of drug-likeness (QED) is 0.741. The van der Waals surface area contributed by atoms with Gasteiger partial charge in [0.15, 0.2) is 0 Å². The maximum Gasteiger partial charge on any atom is 0.227 e. The summed E-state index contributed by atoms with van der Waals surface area (Å²) in [7, 11) is 0. The monoisotopic (exact) mass is 392 g/mol. The normalized spacial score (nSPS) is 16.8. The third kappa shape index (κ3) is 3.93. The summed E-state index contributed by atoms with van der Waals surface area (Å²) in [5.41, 5.74) is 4.58. The summed E-state index contributed by atoms with van der Waals surface area (Å²) in [5, 5.41) is 7.97. The number of nitrogens with zero attached hydrogens (tertiary/aromatic N) is 3. The maximum atomic E-state index is 13.7. The van der Waals surface area contributed by atoms with Crippen LogP contribution >= 0.6 is 0 Å². The van der Waals surface area contributed by atoms with Crippen LogP contribution in [-0.2, 0) is 11.2 Å². The zero-order chi connectivity index (χ0) is 20.4. The highest BCUT2D eigenvalue weighted by Gasteiger charge is 2.29. The molecule has 1 unspecified atom stereocenters. The molecule has 29 heavy (non-hydrogen) atoms. The van der Waals surface area contributed by atoms with Crippen LogP contribution < -0.4 is 5.32 Å². The Morgan fingerprint density at radius 3 is 2.72 bits per heavy atom. The number of piperazine rings is 1. The fourth-order valence-electron chi connectivity index (χ4n) is 4.02. The lowest BCUT2D eigenvalue weighted by molar-refractivity contribution is -0.133. The van der Waals surface area contributed by atoms with Gasteiger partial charge in [0.05, 0.1) is 23.8 Å². The van der Waals surface area contributed by atoms with Gasteiger partial charge in [-0.25, -0.2) is 9.07 Å². The summed E-state index contributed by atoms with van der Waals surface area (Å²) in [6.45, 7) is 5.90. The Kier molecular flexibility index (Phi) is 5.45. The fraction of sp³-hybridized carbons (Fsp3) is 0.304. The number of benzene rings is 2. The van der Waals surface area contributed by atoms with Crippen molar-refractivity contribution < 1.29 is 9.18 Å². The second kappa shape index (κ2) is 8.17. The fourth-order valence-corrected chi connectivity index (χ4v) is 4.02. The minimum atomic E-state index is -0.281. The van der Waals surface area contributed by atoms with E-state index in [-0.39, 0.29) is 24.2 Å². The molecule has 1 fully saturated rings. The van der Waals surface area contributed by atoms with E-state index in [0.717, 1.165) is 34.7 Å². The summed E-state index contributed by atoms with van der Waals surface area (Å²) >= 11 is 0. The minimum absolute atomic E-state index is 0.0413. The largest absolute Gasteiger partial charge is 0.333 e. The first-order valence-corrected chi connectivity index (χ1v) is 9.91. The number of hydrogen-bond acceptors (Lipinski definition) is 3. The molecule has 1 atom stereocenters. The highest BCUT2D eigenvalue weighted by Crippen LogP contribution is 2.25. The number of rotatable bonds is 4. The predicted molar refractivity (Wildman–Crippen MR) is 110 cm³/mol. The molecule has 0 aliphatic carbocycles. The molecule has 0 saturated carbocycles. The van der Waals surface area contributed by atoms with Crippen LogP contribution in [0.4, 0.5) is 4.39 Å². The molecule has 1 N–H and O–H groups in total. The summed E-state index contributed by atoms with van der Waals surface area (Å²) in [5.74, 6) is -0.240. The minimum Gasteiger partial charge on any atom is -0.333 e. The Labute approximate surface area is 170 Å². The van der Waals surface area contributed by atoms with Crippen molar-refractivity contribution in [2.75, 3.05) is 19.6 Å². The number of aryl methyl sites for hydroxylation is 1. The van der Waals surface area contributed by atoms with Gasteiger partial charge < -0.3 is 10.2 Å². The smallest absolute Gasteiger partial charge is 0.227 e. The molecule has 2 heterocycles. The zero-order valence-corrected chi connectivity index (χ0v) is 16.7. The number of para-hydroxylation sites is 1. The lowest BCUT2D eigenvalue weighted by Crippen LogP contribution is -2.49. The standard InChI is InChI=1S/C23H25FN4O/c1-16-21(17(2)28(26-16)20-9-4-3-5-10-20)14-23(29)27-12-11-25-15-22(27)18-7-6-8-19(24)13-18/h3-10,13,22,25H,11-12,14-15H2,1-2H3. The molecule has 0 bridgehead atoms. The topological polar surface area (TPSA) is 50.2 Å². The number of carbonyl (C=O) groups excluding carboxylic acids is 1. The molecular weight excluding hydrogens is 367 g/mol. The van der Waals surface area contributed by atoms with Crippen molar-refractivity contribution in [3.8, 4) is 5.69 Å². The number of halogens is 1. The zero-order valence-electron chi connectivity index (χ0n) is 16.7. The van der Waals surface area contributed by atoms with E-state index in [1.54, 1.807) is 6.07 Å². The van der Waals surface area contributed by atoms with Crippen molar-refractivity contribution in [3.63, 3.8) is 0 Å². The summed E-state index contributed by atoms with van der Waals surface area (Å²) < 4.78 is 15.6. The maximum absolute atomic E-state index is 13.7. The average molecular weight is 392 g/mol. The second-order valence-corrected chi connectivity index (χ2v) is 7.44. The van der Waals surface area contributed by atoms with Gasteiger partial charge in [0.1, 0.15) is 5.82 Å². The molecule has 0 spiro atoms. The summed E-state index contributed by atoms with van der Waals surface area (Å²) in [6, 6.07) is 16.3. The molecule has 3 aromatic rings. The van der Waals surface area contributed by atoms with Crippen molar-refractivity contribution in [1.29, 1.82) is 0 Å². The van der Waals surface area contributed by atoms with E-state index in [9.17, 15) is 9.18 Å². The Hall–Kier alpha value is -2.99. The van der Waals surface area contributed by atoms with E-state index >= 15 is 0 Å². The number of hydrogen-bond donors (Lipinski definition) is 1. The highest BCUT2D eigenvalue weighted by atomic mass is 19.1. The summed E-state index contributed by atoms with van der Waals surface area (Å²) in [4.78, 5) is 15.1. The lowest BCUT2D eigenvalue weighted by atomic mass is 10.0. The van der Waals surface area contributed by atoms with Gasteiger partial charge in [-0.2, -0.15) is 5.10 Å². The van der Waals surface area contributed by atoms with E-state index in [1.807, 2.05) is 59.8 Å². The summed E-state index contributed by atoms with van der Waals surface area (Å²) in [6.07, 6.45) is 0.288. The van der Waals surface area contributed by atoms with Crippen LogP contribution in [0.1, 0.15) is 28.6 Å². The van der Waals surface area contributed by atoms with Gasteiger partial charge >= 0.3 is 0 Å². The predicted octanol–water partition coefficient (Wildman–Crippen LogP) is 3.34. The van der Waals surface area contributed by atoms with Crippen LogP contribution in [0.3, 0.4) is 0 Å². The van der Waals surface area contributed by atoms with E-state index in [4.69, 9.17) is 0 Å². The number of amides is 1. The van der Waals surface area contributed by atoms with E-state index in [1.165, 1.54) is 12.1 Å². The van der Waals surface area contributed by atoms with Gasteiger partial charge in [-0.1, -0.05) is 30.3 Å². The lowest BCUT2D eigenvalue weighted by Gasteiger charge is -2.36. The van der Waals surface area contributed by atoms with Crippen LogP contribution in [-0.4, -0.2) is 40.2 Å². The third-order valence-electron chi connectivity index (χ3n) is 5.57. The third-order valence-corrected chi connectivity index (χ3v) is 5.57. The molecule has 6 heteroatoms. The Morgan fingerprint density at radius 1 is 1.17 bits per heavy atom. The van der Waals surface area contributed by atoms with E-state index in [2.05, 4.69) is 10.4 Å². The van der Waals surface area contributed by atoms with Crippen LogP contribution in [0.15, 0.2) is 54.6 Å². The van der Waals surface area contributed by atoms with Crippen LogP contribution in [0.5, 0.6) is 0 Å². The van der Waals surface area contributed by atoms with Gasteiger partial charge in [0, 0.05) is 30.9 Å². The molecule has 4 rings (SSSR count). The first kappa shape index (κ1) is 19.3. The number of carbonyl (C=O) groups is 1. The molecular formula is C23H25FN4O. The van der Waals surface area contributed by atoms with Gasteiger partial charge in [-0.05, 0) is 43.7 Å². The van der Waals surface area contributed by atoms with Crippen LogP contribution in [0.25, 0.3) is 5.69 Å². The SMILES string of the molecule is Cc1nn(-c2ccccc2)c(C)c1CC(=O)N1CCNCC1c1cccc(F)c1. The Bertz CT molecular complexity index is 1010. The molecule has 1 saturated heterocycles. The molecule has 5 nitrogen and oxygen atoms in total. The molecule has 1 aromatic heterocycles. The van der Waals surface area contributed by atoms with Crippen LogP contribution in [0, 0.1) is 19.7 Å². The Morgan fingerprint density at radius 2 is 1.97 bits per heavy atom. The van der Waals surface area contributed by atoms with Crippen molar-refractivity contribution >= 4 is 5.91 Å². The molecule has 0 radical (unpaired) electrons. The van der Waals surface area contributed by atoms with Crippen LogP contribution in [0.2, 0.25) is 0 Å². The van der Waals surface area contributed by atoms with Gasteiger partial charge in [0.2, 0.25) is 5.91 Å². The van der Waals surface area contributed by atoms with Gasteiger partial charge in [-0.3, -0.25) is 4.79 Å². The second-order valence-electron chi connectivity index (χ2n) is 7.44. The number of aromatic nitrogens is 2. The van der Waals surface area contributed by atoms with Gasteiger partial charge in [-0.15, -0.1) is 0 Å². The molecule has 1 amide bonds. The molecule has 150 valence electrons. The van der Waals surface area contributed by atoms with Crippen molar-refractivity contribution in [2.45, 2.75) is 26.3 Å². The molecule has 2 aromatic carbocycles. The molecule has 1 aliphatic rings. The number of nitrogens with one attached hydrogen (secondary N) is 1. The first-order chi connectivity index (χ1) is 14.0. The molecule has 1 aliphatic heterocycles. The van der Waals surface area contributed by atoms with E-state index in [0.29, 0.717) is 13.1 Å². The van der Waals surface area contributed by atoms with Crippen molar-refractivity contribution in [1.82, 2.24) is 20.0 Å².